The number of hydrogen-bond donors (Lipinski definition) is 1. The van der Waals surface area contributed by atoms with Crippen LogP contribution in [0, 0.1) is 0 Å². The first kappa shape index (κ1) is 13.9. The van der Waals surface area contributed by atoms with Gasteiger partial charge in [-0.05, 0) is 31.2 Å². The summed E-state index contributed by atoms with van der Waals surface area (Å²) in [4.78, 5) is 32.9. The lowest BCUT2D eigenvalue weighted by atomic mass is 10.2. The van der Waals surface area contributed by atoms with Gasteiger partial charge in [0.2, 0.25) is 5.91 Å². The van der Waals surface area contributed by atoms with E-state index in [0.717, 1.165) is 0 Å². The molecule has 0 radical (unpaired) electrons. The SMILES string of the molecule is C[C@H](C(=O)Nc1cccnc1)n1cnc2ccccc2c1=O. The summed E-state index contributed by atoms with van der Waals surface area (Å²) in [5.74, 6) is -0.299. The van der Waals surface area contributed by atoms with Crippen molar-refractivity contribution in [1.29, 1.82) is 0 Å². The van der Waals surface area contributed by atoms with Gasteiger partial charge in [-0.25, -0.2) is 4.98 Å². The number of nitrogens with zero attached hydrogens (tertiary/aromatic N) is 3. The number of carbonyl (C=O) groups is 1. The molecule has 1 N–H and O–H groups in total. The summed E-state index contributed by atoms with van der Waals surface area (Å²) in [5, 5.41) is 3.22. The van der Waals surface area contributed by atoms with Gasteiger partial charge in [0.15, 0.2) is 0 Å². The van der Waals surface area contributed by atoms with Crippen LogP contribution < -0.4 is 10.9 Å². The van der Waals surface area contributed by atoms with E-state index in [0.29, 0.717) is 16.6 Å². The molecule has 3 rings (SSSR count). The van der Waals surface area contributed by atoms with Crippen LogP contribution in [0.25, 0.3) is 10.9 Å². The molecule has 110 valence electrons. The van der Waals surface area contributed by atoms with E-state index in [1.165, 1.54) is 10.9 Å². The van der Waals surface area contributed by atoms with Crippen LogP contribution in [0.2, 0.25) is 0 Å². The highest BCUT2D eigenvalue weighted by Gasteiger charge is 2.17. The highest BCUT2D eigenvalue weighted by Crippen LogP contribution is 2.11. The molecule has 0 aliphatic carbocycles. The third-order valence-corrected chi connectivity index (χ3v) is 3.42. The fourth-order valence-corrected chi connectivity index (χ4v) is 2.17. The lowest BCUT2D eigenvalue weighted by molar-refractivity contribution is -0.118. The zero-order valence-electron chi connectivity index (χ0n) is 11.9. The summed E-state index contributed by atoms with van der Waals surface area (Å²) in [5.41, 5.74) is 0.962. The molecular weight excluding hydrogens is 280 g/mol. The second kappa shape index (κ2) is 5.77. The van der Waals surface area contributed by atoms with E-state index in [-0.39, 0.29) is 11.5 Å². The Morgan fingerprint density at radius 1 is 1.23 bits per heavy atom. The number of nitrogens with one attached hydrogen (secondary N) is 1. The van der Waals surface area contributed by atoms with E-state index in [4.69, 9.17) is 0 Å². The maximum absolute atomic E-state index is 12.5. The van der Waals surface area contributed by atoms with E-state index in [9.17, 15) is 9.59 Å². The molecule has 0 aliphatic rings. The zero-order valence-corrected chi connectivity index (χ0v) is 11.9. The average molecular weight is 294 g/mol. The highest BCUT2D eigenvalue weighted by molar-refractivity contribution is 5.93. The largest absolute Gasteiger partial charge is 0.323 e. The molecule has 0 saturated heterocycles. The molecule has 0 aliphatic heterocycles. The van der Waals surface area contributed by atoms with Crippen molar-refractivity contribution in [3.05, 3.63) is 65.5 Å². The molecule has 3 aromatic rings. The van der Waals surface area contributed by atoms with Gasteiger partial charge in [-0.2, -0.15) is 0 Å². The van der Waals surface area contributed by atoms with Crippen LogP contribution in [-0.2, 0) is 4.79 Å². The third kappa shape index (κ3) is 2.58. The number of anilines is 1. The molecule has 0 saturated carbocycles. The topological polar surface area (TPSA) is 76.9 Å². The Labute approximate surface area is 126 Å². The fourth-order valence-electron chi connectivity index (χ4n) is 2.17. The van der Waals surface area contributed by atoms with Gasteiger partial charge in [-0.1, -0.05) is 12.1 Å². The standard InChI is InChI=1S/C16H14N4O2/c1-11(15(21)19-12-5-4-8-17-9-12)20-10-18-14-7-3-2-6-13(14)16(20)22/h2-11H,1H3,(H,19,21)/t11-/m1/s1. The van der Waals surface area contributed by atoms with Crippen LogP contribution in [0.5, 0.6) is 0 Å². The Bertz CT molecular complexity index is 874. The predicted molar refractivity (Wildman–Crippen MR) is 83.6 cm³/mol. The quantitative estimate of drug-likeness (QED) is 0.801. The van der Waals surface area contributed by atoms with Gasteiger partial charge < -0.3 is 5.32 Å². The number of pyridine rings is 1. The van der Waals surface area contributed by atoms with Crippen molar-refractivity contribution in [3.8, 4) is 0 Å². The van der Waals surface area contributed by atoms with Crippen LogP contribution in [0.3, 0.4) is 0 Å². The summed E-state index contributed by atoms with van der Waals surface area (Å²) in [6, 6.07) is 9.84. The van der Waals surface area contributed by atoms with Gasteiger partial charge in [0.25, 0.3) is 5.56 Å². The van der Waals surface area contributed by atoms with Gasteiger partial charge in [0, 0.05) is 6.20 Å². The van der Waals surface area contributed by atoms with Crippen LogP contribution >= 0.6 is 0 Å². The van der Waals surface area contributed by atoms with Gasteiger partial charge >= 0.3 is 0 Å². The minimum absolute atomic E-state index is 0.237. The van der Waals surface area contributed by atoms with E-state index >= 15 is 0 Å². The van der Waals surface area contributed by atoms with Crippen molar-refractivity contribution >= 4 is 22.5 Å². The number of carbonyl (C=O) groups excluding carboxylic acids is 1. The van der Waals surface area contributed by atoms with Gasteiger partial charge in [0.05, 0.1) is 29.1 Å². The number of amides is 1. The molecule has 1 amide bonds. The third-order valence-electron chi connectivity index (χ3n) is 3.42. The maximum Gasteiger partial charge on any atom is 0.261 e. The van der Waals surface area contributed by atoms with Gasteiger partial charge in [-0.3, -0.25) is 19.1 Å². The summed E-state index contributed by atoms with van der Waals surface area (Å²) >= 11 is 0. The van der Waals surface area contributed by atoms with Crippen LogP contribution in [0.15, 0.2) is 59.9 Å². The van der Waals surface area contributed by atoms with Gasteiger partial charge in [-0.15, -0.1) is 0 Å². The van der Waals surface area contributed by atoms with Crippen LogP contribution in [0.1, 0.15) is 13.0 Å². The van der Waals surface area contributed by atoms with Crippen molar-refractivity contribution in [2.45, 2.75) is 13.0 Å². The maximum atomic E-state index is 12.5. The number of aromatic nitrogens is 3. The molecule has 0 spiro atoms. The van der Waals surface area contributed by atoms with Crippen molar-refractivity contribution in [2.75, 3.05) is 5.32 Å². The normalized spacial score (nSPS) is 12.0. The molecule has 6 nitrogen and oxygen atoms in total. The number of para-hydroxylation sites is 1. The van der Waals surface area contributed by atoms with Crippen molar-refractivity contribution in [1.82, 2.24) is 14.5 Å². The minimum Gasteiger partial charge on any atom is -0.323 e. The Balaban J connectivity index is 1.92. The molecular formula is C16H14N4O2. The second-order valence-electron chi connectivity index (χ2n) is 4.88. The Morgan fingerprint density at radius 3 is 2.82 bits per heavy atom. The van der Waals surface area contributed by atoms with Gasteiger partial charge in [0.1, 0.15) is 6.04 Å². The summed E-state index contributed by atoms with van der Waals surface area (Å²) in [7, 11) is 0. The van der Waals surface area contributed by atoms with Crippen LogP contribution in [0.4, 0.5) is 5.69 Å². The molecule has 1 atom stereocenters. The Morgan fingerprint density at radius 2 is 2.05 bits per heavy atom. The molecule has 0 unspecified atom stereocenters. The summed E-state index contributed by atoms with van der Waals surface area (Å²) < 4.78 is 1.33. The molecule has 0 bridgehead atoms. The second-order valence-corrected chi connectivity index (χ2v) is 4.88. The summed E-state index contributed by atoms with van der Waals surface area (Å²) in [6.45, 7) is 1.66. The first-order chi connectivity index (χ1) is 10.7. The molecule has 1 aromatic carbocycles. The number of hydrogen-bond acceptors (Lipinski definition) is 4. The highest BCUT2D eigenvalue weighted by atomic mass is 16.2. The molecule has 22 heavy (non-hydrogen) atoms. The fraction of sp³-hybridized carbons (Fsp3) is 0.125. The molecule has 0 fully saturated rings. The number of rotatable bonds is 3. The van der Waals surface area contributed by atoms with E-state index in [1.54, 1.807) is 49.6 Å². The average Bonchev–Trinajstić information content (AvgIpc) is 2.56. The van der Waals surface area contributed by atoms with Crippen molar-refractivity contribution in [2.24, 2.45) is 0 Å². The Hall–Kier alpha value is -3.02. The molecule has 2 heterocycles. The van der Waals surface area contributed by atoms with E-state index in [1.807, 2.05) is 6.07 Å². The van der Waals surface area contributed by atoms with Crippen LogP contribution in [-0.4, -0.2) is 20.4 Å². The predicted octanol–water partition coefficient (Wildman–Crippen LogP) is 1.99. The first-order valence-electron chi connectivity index (χ1n) is 6.83. The number of fused-ring (bicyclic) bond motifs is 1. The van der Waals surface area contributed by atoms with Crippen molar-refractivity contribution < 1.29 is 4.79 Å². The Kier molecular flexibility index (Phi) is 3.65. The zero-order chi connectivity index (χ0) is 15.5. The summed E-state index contributed by atoms with van der Waals surface area (Å²) in [6.07, 6.45) is 4.57. The number of benzene rings is 1. The lowest BCUT2D eigenvalue weighted by Gasteiger charge is -2.15. The monoisotopic (exact) mass is 294 g/mol. The minimum atomic E-state index is -0.676. The molecule has 2 aromatic heterocycles. The smallest absolute Gasteiger partial charge is 0.261 e. The molecule has 6 heteroatoms. The van der Waals surface area contributed by atoms with E-state index < -0.39 is 6.04 Å². The lowest BCUT2D eigenvalue weighted by Crippen LogP contribution is -2.31. The first-order valence-corrected chi connectivity index (χ1v) is 6.83. The van der Waals surface area contributed by atoms with E-state index in [2.05, 4.69) is 15.3 Å². The van der Waals surface area contributed by atoms with Crippen molar-refractivity contribution in [3.63, 3.8) is 0 Å².